The number of nitrogens with zero attached hydrogens (tertiary/aromatic N) is 1. The van der Waals surface area contributed by atoms with E-state index in [9.17, 15) is 4.79 Å². The van der Waals surface area contributed by atoms with E-state index < -0.39 is 5.97 Å². The van der Waals surface area contributed by atoms with Gasteiger partial charge in [-0.2, -0.15) is 0 Å². The molecule has 0 spiro atoms. The monoisotopic (exact) mass is 383 g/mol. The van der Waals surface area contributed by atoms with Crippen molar-refractivity contribution in [3.05, 3.63) is 65.9 Å². The average molecular weight is 383 g/mol. The van der Waals surface area contributed by atoms with E-state index in [1.54, 1.807) is 6.20 Å². The molecule has 0 fully saturated rings. The number of pyridine rings is 1. The molecule has 0 aliphatic carbocycles. The zero-order valence-electron chi connectivity index (χ0n) is 14.3. The van der Waals surface area contributed by atoms with Gasteiger partial charge >= 0.3 is 5.97 Å². The van der Waals surface area contributed by atoms with E-state index in [0.717, 1.165) is 16.0 Å². The molecule has 26 heavy (non-hydrogen) atoms. The first-order valence-corrected chi connectivity index (χ1v) is 9.07. The number of hydrogen-bond donors (Lipinski definition) is 2. The van der Waals surface area contributed by atoms with Crippen molar-refractivity contribution in [1.29, 1.82) is 0 Å². The molecule has 0 bridgehead atoms. The molecule has 0 atom stereocenters. The van der Waals surface area contributed by atoms with Crippen molar-refractivity contribution in [3.8, 4) is 10.4 Å². The molecule has 0 aliphatic heterocycles. The predicted octanol–water partition coefficient (Wildman–Crippen LogP) is 4.71. The lowest BCUT2D eigenvalue weighted by molar-refractivity contribution is 0.0602. The molecular weight excluding hydrogens is 366 g/mol. The number of thiocarbonyl (C=S) groups is 1. The lowest BCUT2D eigenvalue weighted by Crippen LogP contribution is -2.20. The van der Waals surface area contributed by atoms with Crippen molar-refractivity contribution < 1.29 is 9.53 Å². The van der Waals surface area contributed by atoms with Crippen molar-refractivity contribution in [2.24, 2.45) is 0 Å². The molecule has 0 saturated carbocycles. The molecule has 0 saturated heterocycles. The Balaban J connectivity index is 1.84. The maximum atomic E-state index is 12.1. The molecule has 3 rings (SSSR count). The summed E-state index contributed by atoms with van der Waals surface area (Å²) < 4.78 is 4.89. The van der Waals surface area contributed by atoms with E-state index in [1.165, 1.54) is 18.4 Å². The number of carbonyl (C=O) groups excluding carboxylic acids is 1. The van der Waals surface area contributed by atoms with Gasteiger partial charge in [0.05, 0.1) is 12.7 Å². The first-order chi connectivity index (χ1) is 12.6. The largest absolute Gasteiger partial charge is 0.465 e. The van der Waals surface area contributed by atoms with E-state index in [2.05, 4.69) is 15.6 Å². The highest BCUT2D eigenvalue weighted by Gasteiger charge is 2.18. The van der Waals surface area contributed by atoms with Crippen LogP contribution in [0.4, 0.5) is 10.8 Å². The SMILES string of the molecule is COC(=O)c1cc(-c2ccccc2)sc1NC(=S)Nc1cc(C)ccn1. The van der Waals surface area contributed by atoms with Crippen LogP contribution in [0.2, 0.25) is 0 Å². The van der Waals surface area contributed by atoms with Crippen molar-refractivity contribution >= 4 is 45.5 Å². The molecule has 2 N–H and O–H groups in total. The maximum Gasteiger partial charge on any atom is 0.340 e. The van der Waals surface area contributed by atoms with Crippen LogP contribution in [0.25, 0.3) is 10.4 Å². The van der Waals surface area contributed by atoms with Gasteiger partial charge in [-0.15, -0.1) is 11.3 Å². The second kappa shape index (κ2) is 8.07. The number of thiophene rings is 1. The molecule has 5 nitrogen and oxygen atoms in total. The summed E-state index contributed by atoms with van der Waals surface area (Å²) in [7, 11) is 1.36. The quantitative estimate of drug-likeness (QED) is 0.502. The molecule has 0 unspecified atom stereocenters. The van der Waals surface area contributed by atoms with Crippen molar-refractivity contribution in [1.82, 2.24) is 4.98 Å². The standard InChI is InChI=1S/C19H17N3O2S2/c1-12-8-9-20-16(10-12)21-19(25)22-17-14(18(23)24-2)11-15(26-17)13-6-4-3-5-7-13/h3-11H,1-2H3,(H2,20,21,22,25). The van der Waals surface area contributed by atoms with E-state index in [4.69, 9.17) is 17.0 Å². The number of methoxy groups -OCH3 is 1. The van der Waals surface area contributed by atoms with Crippen molar-refractivity contribution in [3.63, 3.8) is 0 Å². The van der Waals surface area contributed by atoms with Crippen molar-refractivity contribution in [2.45, 2.75) is 6.92 Å². The van der Waals surface area contributed by atoms with Crippen LogP contribution in [0.3, 0.4) is 0 Å². The Hall–Kier alpha value is -2.77. The van der Waals surface area contributed by atoms with Gasteiger partial charge in [-0.25, -0.2) is 9.78 Å². The first kappa shape index (κ1) is 18.0. The van der Waals surface area contributed by atoms with Gasteiger partial charge in [0.25, 0.3) is 0 Å². The number of rotatable bonds is 4. The smallest absolute Gasteiger partial charge is 0.340 e. The minimum Gasteiger partial charge on any atom is -0.465 e. The third-order valence-electron chi connectivity index (χ3n) is 3.58. The molecule has 0 amide bonds. The number of aryl methyl sites for hydroxylation is 1. The van der Waals surface area contributed by atoms with Gasteiger partial charge in [-0.1, -0.05) is 30.3 Å². The highest BCUT2D eigenvalue weighted by Crippen LogP contribution is 2.35. The maximum absolute atomic E-state index is 12.1. The number of benzene rings is 1. The van der Waals surface area contributed by atoms with E-state index in [0.29, 0.717) is 21.5 Å². The van der Waals surface area contributed by atoms with E-state index in [1.807, 2.05) is 55.5 Å². The lowest BCUT2D eigenvalue weighted by atomic mass is 10.1. The minimum absolute atomic E-state index is 0.356. The Morgan fingerprint density at radius 2 is 1.92 bits per heavy atom. The number of carbonyl (C=O) groups is 1. The highest BCUT2D eigenvalue weighted by molar-refractivity contribution is 7.80. The van der Waals surface area contributed by atoms with Crippen molar-refractivity contribution in [2.75, 3.05) is 17.7 Å². The van der Waals surface area contributed by atoms with Gasteiger partial charge in [0.15, 0.2) is 5.11 Å². The number of hydrogen-bond acceptors (Lipinski definition) is 5. The lowest BCUT2D eigenvalue weighted by Gasteiger charge is -2.10. The summed E-state index contributed by atoms with van der Waals surface area (Å²) in [5.41, 5.74) is 2.54. The second-order valence-corrected chi connectivity index (χ2v) is 6.97. The fourth-order valence-electron chi connectivity index (χ4n) is 2.35. The van der Waals surface area contributed by atoms with Gasteiger partial charge in [-0.05, 0) is 48.5 Å². The predicted molar refractivity (Wildman–Crippen MR) is 110 cm³/mol. The summed E-state index contributed by atoms with van der Waals surface area (Å²) in [4.78, 5) is 17.3. The van der Waals surface area contributed by atoms with E-state index in [-0.39, 0.29) is 0 Å². The Bertz CT molecular complexity index is 939. The number of ether oxygens (including phenoxy) is 1. The topological polar surface area (TPSA) is 63.2 Å². The van der Waals surface area contributed by atoms with E-state index >= 15 is 0 Å². The van der Waals surface area contributed by atoms with Crippen LogP contribution in [-0.2, 0) is 4.74 Å². The van der Waals surface area contributed by atoms with Crippen LogP contribution in [0.1, 0.15) is 15.9 Å². The summed E-state index contributed by atoms with van der Waals surface area (Å²) in [6.07, 6.45) is 1.71. The third-order valence-corrected chi connectivity index (χ3v) is 4.88. The summed E-state index contributed by atoms with van der Waals surface area (Å²) >= 11 is 6.80. The number of esters is 1. The Labute approximate surface area is 161 Å². The summed E-state index contributed by atoms with van der Waals surface area (Å²) in [6.45, 7) is 1.98. The zero-order chi connectivity index (χ0) is 18.5. The minimum atomic E-state index is -0.414. The Morgan fingerprint density at radius 3 is 2.62 bits per heavy atom. The Kier molecular flexibility index (Phi) is 5.60. The Morgan fingerprint density at radius 1 is 1.15 bits per heavy atom. The van der Waals surface area contributed by atoms with Crippen LogP contribution >= 0.6 is 23.6 Å². The molecule has 1 aromatic carbocycles. The van der Waals surface area contributed by atoms with Gasteiger partial charge < -0.3 is 15.4 Å². The first-order valence-electron chi connectivity index (χ1n) is 7.85. The second-order valence-electron chi connectivity index (χ2n) is 5.51. The highest BCUT2D eigenvalue weighted by atomic mass is 32.1. The number of anilines is 2. The van der Waals surface area contributed by atoms with Crippen LogP contribution in [0.5, 0.6) is 0 Å². The zero-order valence-corrected chi connectivity index (χ0v) is 15.9. The van der Waals surface area contributed by atoms with Gasteiger partial charge in [0, 0.05) is 11.1 Å². The summed E-state index contributed by atoms with van der Waals surface area (Å²) in [5.74, 6) is 0.226. The van der Waals surface area contributed by atoms with Crippen LogP contribution in [0, 0.1) is 6.92 Å². The molecule has 0 radical (unpaired) electrons. The van der Waals surface area contributed by atoms with Crippen LogP contribution in [-0.4, -0.2) is 23.2 Å². The number of aromatic nitrogens is 1. The normalized spacial score (nSPS) is 10.2. The summed E-state index contributed by atoms with van der Waals surface area (Å²) in [5, 5.41) is 7.09. The third kappa shape index (κ3) is 4.25. The average Bonchev–Trinajstić information content (AvgIpc) is 3.05. The van der Waals surface area contributed by atoms with Gasteiger partial charge in [0.1, 0.15) is 10.8 Å². The molecular formula is C19H17N3O2S2. The van der Waals surface area contributed by atoms with Gasteiger partial charge in [0.2, 0.25) is 0 Å². The fourth-order valence-corrected chi connectivity index (χ4v) is 3.67. The van der Waals surface area contributed by atoms with Gasteiger partial charge in [-0.3, -0.25) is 0 Å². The summed E-state index contributed by atoms with van der Waals surface area (Å²) in [6, 6.07) is 15.4. The molecule has 7 heteroatoms. The molecule has 2 aromatic heterocycles. The molecule has 3 aromatic rings. The van der Waals surface area contributed by atoms with Crippen LogP contribution < -0.4 is 10.6 Å². The molecule has 2 heterocycles. The van der Waals surface area contributed by atoms with Crippen LogP contribution in [0.15, 0.2) is 54.7 Å². The molecule has 132 valence electrons. The fraction of sp³-hybridized carbons (Fsp3) is 0.105. The molecule has 0 aliphatic rings. The number of nitrogens with one attached hydrogen (secondary N) is 2.